The molecule has 0 aliphatic rings. The average Bonchev–Trinajstić information content (AvgIpc) is 2.65. The molecular formula is C33H56P2Pt. The molecule has 0 heterocycles. The molecule has 0 radical (unpaired) electrons. The van der Waals surface area contributed by atoms with Crippen molar-refractivity contribution in [1.29, 1.82) is 0 Å². The van der Waals surface area contributed by atoms with Crippen molar-refractivity contribution < 1.29 is 21.1 Å². The van der Waals surface area contributed by atoms with E-state index in [0.717, 1.165) is 22.6 Å². The van der Waals surface area contributed by atoms with Crippen molar-refractivity contribution in [1.82, 2.24) is 0 Å². The maximum absolute atomic E-state index is 4.22. The summed E-state index contributed by atoms with van der Waals surface area (Å²) in [6.45, 7) is 34.3. The molecule has 0 N–H and O–H groups in total. The summed E-state index contributed by atoms with van der Waals surface area (Å²) in [6, 6.07) is 9.17. The molecule has 0 aliphatic carbocycles. The van der Waals surface area contributed by atoms with Gasteiger partial charge in [0.1, 0.15) is 0 Å². The Bertz CT molecular complexity index is 774. The van der Waals surface area contributed by atoms with Gasteiger partial charge in [-0.15, -0.1) is 24.6 Å². The van der Waals surface area contributed by atoms with E-state index in [-0.39, 0.29) is 44.3 Å². The molecule has 0 fully saturated rings. The molecule has 0 aromatic heterocycles. The molecule has 0 spiro atoms. The van der Waals surface area contributed by atoms with Crippen molar-refractivity contribution >= 4 is 15.8 Å². The maximum atomic E-state index is 4.22. The predicted octanol–water partition coefficient (Wildman–Crippen LogP) is 11.1. The molecule has 0 nitrogen and oxygen atoms in total. The summed E-state index contributed by atoms with van der Waals surface area (Å²) in [5, 5.41) is 0. The fourth-order valence-electron chi connectivity index (χ4n) is 5.06. The SMILES string of the molecule is Cc1cc(C)c(CP(C(C)C)C(C)C)c(C)c1.[CH2-]c1cc(C)cc(C)c1CP(C(C)C)C(C)C.[CH3-].[Pt+2]. The molecule has 0 unspecified atom stereocenters. The Balaban J connectivity index is 0. The Hall–Kier alpha value is -0.142. The van der Waals surface area contributed by atoms with Crippen LogP contribution in [0.1, 0.15) is 99.9 Å². The van der Waals surface area contributed by atoms with Crippen molar-refractivity contribution in [2.24, 2.45) is 0 Å². The van der Waals surface area contributed by atoms with Crippen molar-refractivity contribution in [2.45, 2.75) is 125 Å². The van der Waals surface area contributed by atoms with Gasteiger partial charge in [0.15, 0.2) is 0 Å². The molecule has 0 atom stereocenters. The van der Waals surface area contributed by atoms with Crippen LogP contribution in [0.4, 0.5) is 0 Å². The maximum Gasteiger partial charge on any atom is 2.00 e. The average molecular weight is 710 g/mol. The number of hydrogen-bond donors (Lipinski definition) is 0. The van der Waals surface area contributed by atoms with Crippen LogP contribution in [0, 0.1) is 49.0 Å². The Labute approximate surface area is 244 Å². The van der Waals surface area contributed by atoms with Gasteiger partial charge in [0, 0.05) is 0 Å². The van der Waals surface area contributed by atoms with Gasteiger partial charge >= 0.3 is 21.1 Å². The second kappa shape index (κ2) is 17.4. The molecule has 2 aromatic rings. The predicted molar refractivity (Wildman–Crippen MR) is 169 cm³/mol. The van der Waals surface area contributed by atoms with Crippen LogP contribution < -0.4 is 0 Å². The minimum absolute atomic E-state index is 0. The Kier molecular flexibility index (Phi) is 18.4. The normalized spacial score (nSPS) is 11.2. The van der Waals surface area contributed by atoms with Crippen molar-refractivity contribution in [2.75, 3.05) is 0 Å². The van der Waals surface area contributed by atoms with E-state index in [4.69, 9.17) is 0 Å². The first-order valence-electron chi connectivity index (χ1n) is 13.2. The third-order valence-corrected chi connectivity index (χ3v) is 13.6. The van der Waals surface area contributed by atoms with Crippen molar-refractivity contribution in [3.05, 3.63) is 83.1 Å². The number of benzene rings is 2. The largest absolute Gasteiger partial charge is 2.00 e. The quantitative estimate of drug-likeness (QED) is 0.189. The van der Waals surface area contributed by atoms with Crippen molar-refractivity contribution in [3.8, 4) is 0 Å². The molecular weight excluding hydrogens is 653 g/mol. The van der Waals surface area contributed by atoms with E-state index < -0.39 is 0 Å². The van der Waals surface area contributed by atoms with Gasteiger partial charge in [-0.25, -0.2) is 0 Å². The summed E-state index contributed by atoms with van der Waals surface area (Å²) < 4.78 is 0. The molecule has 0 saturated carbocycles. The minimum atomic E-state index is 0. The van der Waals surface area contributed by atoms with E-state index in [1.807, 2.05) is 0 Å². The van der Waals surface area contributed by atoms with E-state index in [1.165, 1.54) is 51.3 Å². The van der Waals surface area contributed by atoms with Crippen LogP contribution in [0.5, 0.6) is 0 Å². The molecule has 0 amide bonds. The molecule has 36 heavy (non-hydrogen) atoms. The van der Waals surface area contributed by atoms with Gasteiger partial charge in [0.2, 0.25) is 0 Å². The third kappa shape index (κ3) is 11.7. The Morgan fingerprint density at radius 3 is 1.14 bits per heavy atom. The number of rotatable bonds is 8. The first kappa shape index (κ1) is 38.0. The summed E-state index contributed by atoms with van der Waals surface area (Å²) >= 11 is 0. The number of hydrogen-bond acceptors (Lipinski definition) is 0. The van der Waals surface area contributed by atoms with Crippen LogP contribution in [-0.2, 0) is 33.4 Å². The van der Waals surface area contributed by atoms with E-state index >= 15 is 0 Å². The Morgan fingerprint density at radius 1 is 0.556 bits per heavy atom. The third-order valence-electron chi connectivity index (χ3n) is 6.88. The van der Waals surface area contributed by atoms with Gasteiger partial charge in [0.25, 0.3) is 0 Å². The van der Waals surface area contributed by atoms with Crippen LogP contribution in [0.2, 0.25) is 0 Å². The smallest absolute Gasteiger partial charge is 0.358 e. The summed E-state index contributed by atoms with van der Waals surface area (Å²) in [4.78, 5) is 0. The van der Waals surface area contributed by atoms with E-state index in [9.17, 15) is 0 Å². The second-order valence-corrected chi connectivity index (χ2v) is 18.1. The molecule has 2 aromatic carbocycles. The molecule has 3 heteroatoms. The van der Waals surface area contributed by atoms with E-state index in [0.29, 0.717) is 0 Å². The van der Waals surface area contributed by atoms with E-state index in [2.05, 4.69) is 121 Å². The van der Waals surface area contributed by atoms with Gasteiger partial charge in [-0.05, 0) is 66.3 Å². The van der Waals surface area contributed by atoms with Crippen molar-refractivity contribution in [3.63, 3.8) is 0 Å². The summed E-state index contributed by atoms with van der Waals surface area (Å²) in [6.07, 6.45) is 2.53. The zero-order valence-corrected chi connectivity index (χ0v) is 30.0. The zero-order chi connectivity index (χ0) is 26.3. The summed E-state index contributed by atoms with van der Waals surface area (Å²) in [7, 11) is 0.166. The summed E-state index contributed by atoms with van der Waals surface area (Å²) in [5.41, 5.74) is 14.7. The van der Waals surface area contributed by atoms with E-state index in [1.54, 1.807) is 5.56 Å². The molecule has 2 rings (SSSR count). The number of aryl methyl sites for hydroxylation is 5. The molecule has 0 aliphatic heterocycles. The van der Waals surface area contributed by atoms with Crippen LogP contribution >= 0.6 is 15.8 Å². The van der Waals surface area contributed by atoms with Gasteiger partial charge in [-0.2, -0.15) is 18.6 Å². The fourth-order valence-corrected chi connectivity index (χ4v) is 10.6. The first-order chi connectivity index (χ1) is 15.6. The molecule has 208 valence electrons. The van der Waals surface area contributed by atoms with Gasteiger partial charge < -0.3 is 7.43 Å². The molecule has 0 bridgehead atoms. The monoisotopic (exact) mass is 709 g/mol. The van der Waals surface area contributed by atoms with Crippen LogP contribution in [0.3, 0.4) is 0 Å². The zero-order valence-electron chi connectivity index (χ0n) is 26.0. The first-order valence-corrected chi connectivity index (χ1v) is 16.5. The van der Waals surface area contributed by atoms with Gasteiger partial charge in [0.05, 0.1) is 0 Å². The Morgan fingerprint density at radius 2 is 0.833 bits per heavy atom. The summed E-state index contributed by atoms with van der Waals surface area (Å²) in [5.74, 6) is 0. The van der Waals surface area contributed by atoms with Gasteiger partial charge in [-0.3, -0.25) is 0 Å². The van der Waals surface area contributed by atoms with Crippen LogP contribution in [0.25, 0.3) is 0 Å². The molecule has 0 saturated heterocycles. The van der Waals surface area contributed by atoms with Gasteiger partial charge in [-0.1, -0.05) is 107 Å². The topological polar surface area (TPSA) is 0 Å². The minimum Gasteiger partial charge on any atom is -0.358 e. The second-order valence-electron chi connectivity index (χ2n) is 11.3. The standard InChI is InChI=1S/C16H27P.C16H26P.CH3.Pt/c2*1-11(2)17(12(3)4)10-16-14(6)8-13(5)9-15(16)7;;/h8-9,11-12H,10H2,1-7H3;8-9,11-12H,6,10H2,1-5,7H3;1H3;/q;2*-1;+2. The fraction of sp³-hybridized carbons (Fsp3) is 0.576. The van der Waals surface area contributed by atoms with Crippen LogP contribution in [-0.4, -0.2) is 22.6 Å². The van der Waals surface area contributed by atoms with Crippen LogP contribution in [0.15, 0.2) is 24.3 Å².